The number of morpholine rings is 1. The van der Waals surface area contributed by atoms with Crippen molar-refractivity contribution in [1.82, 2.24) is 9.80 Å². The average Bonchev–Trinajstić information content (AvgIpc) is 3.06. The van der Waals surface area contributed by atoms with Crippen molar-refractivity contribution < 1.29 is 19.0 Å². The molecule has 4 aliphatic rings. The van der Waals surface area contributed by atoms with Crippen LogP contribution in [0.1, 0.15) is 25.7 Å². The average molecular weight is 338 g/mol. The van der Waals surface area contributed by atoms with Crippen LogP contribution in [0.4, 0.5) is 0 Å². The molecule has 0 radical (unpaired) electrons. The molecule has 0 saturated carbocycles. The molecule has 24 heavy (non-hydrogen) atoms. The Kier molecular flexibility index (Phi) is 5.37. The molecular formula is C18H30N2O4. The van der Waals surface area contributed by atoms with Gasteiger partial charge >= 0.3 is 0 Å². The first-order valence-electron chi connectivity index (χ1n) is 9.61. The lowest BCUT2D eigenvalue weighted by Crippen LogP contribution is -2.46. The molecule has 136 valence electrons. The maximum absolute atomic E-state index is 12.7. The fourth-order valence-corrected chi connectivity index (χ4v) is 4.60. The van der Waals surface area contributed by atoms with Crippen LogP contribution in [0.15, 0.2) is 0 Å². The van der Waals surface area contributed by atoms with Gasteiger partial charge in [0.05, 0.1) is 19.3 Å². The highest BCUT2D eigenvalue weighted by atomic mass is 16.5. The number of amides is 1. The van der Waals surface area contributed by atoms with Gasteiger partial charge in [-0.05, 0) is 44.1 Å². The Morgan fingerprint density at radius 2 is 1.71 bits per heavy atom. The standard InChI is InChI=1S/C18H30N2O4/c21-18(20-5-9-23-10-6-20)16-11-15-1-4-19(13-17(15)24-16)12-14-2-7-22-8-3-14/h14-17H,1-13H2/t15-,16-,17+/m0/s1. The molecule has 0 spiro atoms. The van der Waals surface area contributed by atoms with E-state index in [2.05, 4.69) is 4.90 Å². The van der Waals surface area contributed by atoms with Crippen LogP contribution >= 0.6 is 0 Å². The fourth-order valence-electron chi connectivity index (χ4n) is 4.60. The lowest BCUT2D eigenvalue weighted by Gasteiger charge is -2.37. The van der Waals surface area contributed by atoms with Crippen molar-refractivity contribution in [3.8, 4) is 0 Å². The number of nitrogens with zero attached hydrogens (tertiary/aromatic N) is 2. The van der Waals surface area contributed by atoms with Gasteiger partial charge in [0.1, 0.15) is 6.10 Å². The third-order valence-corrected chi connectivity index (χ3v) is 6.09. The van der Waals surface area contributed by atoms with E-state index < -0.39 is 0 Å². The summed E-state index contributed by atoms with van der Waals surface area (Å²) in [5, 5.41) is 0. The summed E-state index contributed by atoms with van der Waals surface area (Å²) >= 11 is 0. The highest BCUT2D eigenvalue weighted by Gasteiger charge is 2.43. The minimum absolute atomic E-state index is 0.184. The number of likely N-dealkylation sites (tertiary alicyclic amines) is 1. The molecule has 4 fully saturated rings. The van der Waals surface area contributed by atoms with E-state index >= 15 is 0 Å². The van der Waals surface area contributed by atoms with Gasteiger partial charge in [-0.1, -0.05) is 0 Å². The second-order valence-corrected chi connectivity index (χ2v) is 7.70. The van der Waals surface area contributed by atoms with Crippen LogP contribution in [0.25, 0.3) is 0 Å². The van der Waals surface area contributed by atoms with Crippen molar-refractivity contribution in [3.05, 3.63) is 0 Å². The fraction of sp³-hybridized carbons (Fsp3) is 0.944. The summed E-state index contributed by atoms with van der Waals surface area (Å²) in [6, 6.07) is 0. The van der Waals surface area contributed by atoms with Crippen molar-refractivity contribution in [1.29, 1.82) is 0 Å². The zero-order chi connectivity index (χ0) is 16.4. The summed E-state index contributed by atoms with van der Waals surface area (Å²) in [6.45, 7) is 7.88. The van der Waals surface area contributed by atoms with Crippen LogP contribution in [-0.2, 0) is 19.0 Å². The number of carbonyl (C=O) groups is 1. The number of hydrogen-bond acceptors (Lipinski definition) is 5. The predicted octanol–water partition coefficient (Wildman–Crippen LogP) is 0.751. The van der Waals surface area contributed by atoms with E-state index in [0.717, 1.165) is 45.2 Å². The Morgan fingerprint density at radius 3 is 2.50 bits per heavy atom. The van der Waals surface area contributed by atoms with E-state index in [9.17, 15) is 4.79 Å². The molecule has 1 amide bonds. The van der Waals surface area contributed by atoms with Crippen molar-refractivity contribution in [2.75, 3.05) is 59.2 Å². The summed E-state index contributed by atoms with van der Waals surface area (Å²) < 4.78 is 17.0. The van der Waals surface area contributed by atoms with Crippen LogP contribution in [0.2, 0.25) is 0 Å². The molecule has 4 heterocycles. The molecule has 0 aromatic carbocycles. The van der Waals surface area contributed by atoms with E-state index in [-0.39, 0.29) is 18.1 Å². The van der Waals surface area contributed by atoms with Gasteiger partial charge in [-0.2, -0.15) is 0 Å². The molecule has 0 aromatic rings. The lowest BCUT2D eigenvalue weighted by atomic mass is 9.90. The molecule has 0 unspecified atom stereocenters. The zero-order valence-corrected chi connectivity index (χ0v) is 14.5. The number of hydrogen-bond donors (Lipinski definition) is 0. The molecule has 4 rings (SSSR count). The van der Waals surface area contributed by atoms with E-state index in [0.29, 0.717) is 32.2 Å². The molecule has 6 nitrogen and oxygen atoms in total. The van der Waals surface area contributed by atoms with Crippen molar-refractivity contribution in [2.45, 2.75) is 37.9 Å². The maximum atomic E-state index is 12.7. The summed E-state index contributed by atoms with van der Waals surface area (Å²) in [5.74, 6) is 1.51. The number of fused-ring (bicyclic) bond motifs is 1. The molecule has 0 aliphatic carbocycles. The highest BCUT2D eigenvalue weighted by Crippen LogP contribution is 2.34. The van der Waals surface area contributed by atoms with Gasteiger partial charge in [0.15, 0.2) is 0 Å². The van der Waals surface area contributed by atoms with Crippen LogP contribution in [-0.4, -0.2) is 87.1 Å². The van der Waals surface area contributed by atoms with Crippen molar-refractivity contribution in [3.63, 3.8) is 0 Å². The largest absolute Gasteiger partial charge is 0.381 e. The Bertz CT molecular complexity index is 435. The SMILES string of the molecule is O=C([C@@H]1C[C@@H]2CCN(CC3CCOCC3)C[C@H]2O1)N1CCOCC1. The molecule has 4 saturated heterocycles. The quantitative estimate of drug-likeness (QED) is 0.760. The summed E-state index contributed by atoms with van der Waals surface area (Å²) in [6.07, 6.45) is 4.47. The molecule has 4 aliphatic heterocycles. The topological polar surface area (TPSA) is 51.2 Å². The van der Waals surface area contributed by atoms with Gasteiger partial charge in [0, 0.05) is 39.4 Å². The minimum atomic E-state index is -0.221. The first kappa shape index (κ1) is 16.8. The normalized spacial score (nSPS) is 35.8. The van der Waals surface area contributed by atoms with Gasteiger partial charge in [-0.3, -0.25) is 4.79 Å². The number of carbonyl (C=O) groups excluding carboxylic acids is 1. The van der Waals surface area contributed by atoms with Gasteiger partial charge < -0.3 is 24.0 Å². The molecule has 0 N–H and O–H groups in total. The molecule has 0 bridgehead atoms. The Morgan fingerprint density at radius 1 is 0.958 bits per heavy atom. The van der Waals surface area contributed by atoms with Gasteiger partial charge in [0.2, 0.25) is 0 Å². The molecule has 0 aromatic heterocycles. The van der Waals surface area contributed by atoms with E-state index in [1.807, 2.05) is 4.90 Å². The second-order valence-electron chi connectivity index (χ2n) is 7.70. The van der Waals surface area contributed by atoms with Gasteiger partial charge in [-0.25, -0.2) is 0 Å². The van der Waals surface area contributed by atoms with Gasteiger partial charge in [0.25, 0.3) is 5.91 Å². The second kappa shape index (κ2) is 7.68. The summed E-state index contributed by atoms with van der Waals surface area (Å²) in [5.41, 5.74) is 0. The van der Waals surface area contributed by atoms with E-state index in [1.54, 1.807) is 0 Å². The Labute approximate surface area is 144 Å². The molecular weight excluding hydrogens is 308 g/mol. The lowest BCUT2D eigenvalue weighted by molar-refractivity contribution is -0.147. The molecule has 6 heteroatoms. The van der Waals surface area contributed by atoms with E-state index in [1.165, 1.54) is 19.3 Å². The minimum Gasteiger partial charge on any atom is -0.381 e. The van der Waals surface area contributed by atoms with Gasteiger partial charge in [-0.15, -0.1) is 0 Å². The molecule has 3 atom stereocenters. The third-order valence-electron chi connectivity index (χ3n) is 6.09. The predicted molar refractivity (Wildman–Crippen MR) is 88.8 cm³/mol. The van der Waals surface area contributed by atoms with Crippen LogP contribution in [0.3, 0.4) is 0 Å². The smallest absolute Gasteiger partial charge is 0.251 e. The van der Waals surface area contributed by atoms with Crippen molar-refractivity contribution in [2.24, 2.45) is 11.8 Å². The zero-order valence-electron chi connectivity index (χ0n) is 14.5. The monoisotopic (exact) mass is 338 g/mol. The van der Waals surface area contributed by atoms with Crippen LogP contribution < -0.4 is 0 Å². The number of rotatable bonds is 3. The number of ether oxygens (including phenoxy) is 3. The van der Waals surface area contributed by atoms with Crippen molar-refractivity contribution >= 4 is 5.91 Å². The maximum Gasteiger partial charge on any atom is 0.251 e. The Balaban J connectivity index is 1.28. The Hall–Kier alpha value is -0.690. The third kappa shape index (κ3) is 3.77. The highest BCUT2D eigenvalue weighted by molar-refractivity contribution is 5.81. The number of piperidine rings is 1. The first-order chi connectivity index (χ1) is 11.8. The summed E-state index contributed by atoms with van der Waals surface area (Å²) in [7, 11) is 0. The van der Waals surface area contributed by atoms with Crippen LogP contribution in [0, 0.1) is 11.8 Å². The van der Waals surface area contributed by atoms with E-state index in [4.69, 9.17) is 14.2 Å². The first-order valence-corrected chi connectivity index (χ1v) is 9.61. The summed E-state index contributed by atoms with van der Waals surface area (Å²) in [4.78, 5) is 17.1. The van der Waals surface area contributed by atoms with Crippen LogP contribution in [0.5, 0.6) is 0 Å².